The molecular weight excluding hydrogens is 380 g/mol. The summed E-state index contributed by atoms with van der Waals surface area (Å²) < 4.78 is 0.621. The first-order valence-corrected chi connectivity index (χ1v) is 9.16. The van der Waals surface area contributed by atoms with Gasteiger partial charge in [0.15, 0.2) is 11.5 Å². The van der Waals surface area contributed by atoms with Crippen LogP contribution in [0.15, 0.2) is 28.7 Å². The van der Waals surface area contributed by atoms with Crippen LogP contribution >= 0.6 is 15.9 Å². The van der Waals surface area contributed by atoms with E-state index in [1.54, 1.807) is 0 Å². The fourth-order valence-corrected chi connectivity index (χ4v) is 4.48. The number of ketones is 1. The molecule has 25 heavy (non-hydrogen) atoms. The fourth-order valence-electron chi connectivity index (χ4n) is 4.21. The third-order valence-electron chi connectivity index (χ3n) is 5.42. The number of nitriles is 1. The van der Waals surface area contributed by atoms with E-state index in [1.165, 1.54) is 0 Å². The van der Waals surface area contributed by atoms with Crippen LogP contribution in [0.25, 0.3) is 0 Å². The van der Waals surface area contributed by atoms with Crippen molar-refractivity contribution in [3.05, 3.63) is 57.1 Å². The van der Waals surface area contributed by atoms with Crippen molar-refractivity contribution in [3.63, 3.8) is 0 Å². The number of hydrogen-bond donors (Lipinski definition) is 1. The molecule has 5 nitrogen and oxygen atoms in total. The van der Waals surface area contributed by atoms with E-state index in [0.29, 0.717) is 16.0 Å². The van der Waals surface area contributed by atoms with Crippen molar-refractivity contribution < 1.29 is 4.79 Å². The van der Waals surface area contributed by atoms with E-state index in [4.69, 9.17) is 0 Å². The summed E-state index contributed by atoms with van der Waals surface area (Å²) in [4.78, 5) is 22.5. The molecule has 0 bridgehead atoms. The van der Waals surface area contributed by atoms with E-state index < -0.39 is 5.41 Å². The van der Waals surface area contributed by atoms with E-state index >= 15 is 0 Å². The molecule has 4 rings (SSSR count). The largest absolute Gasteiger partial charge is 0.317 e. The molecule has 1 aromatic heterocycles. The standard InChI is InChI=1S/C19H17BrN4O/c1-11-16(20)14(10-21)24-18(23-11)15-12-4-2-3-5-13(12)17(25)19(15)6-8-22-9-7-19/h2-5,15,22H,6-9H2,1H3. The molecule has 1 unspecified atom stereocenters. The summed E-state index contributed by atoms with van der Waals surface area (Å²) in [6.07, 6.45) is 1.51. The quantitative estimate of drug-likeness (QED) is 0.800. The smallest absolute Gasteiger partial charge is 0.170 e. The predicted octanol–water partition coefficient (Wildman–Crippen LogP) is 3.12. The van der Waals surface area contributed by atoms with Crippen LogP contribution in [0.3, 0.4) is 0 Å². The Hall–Kier alpha value is -2.10. The first-order valence-electron chi connectivity index (χ1n) is 8.37. The van der Waals surface area contributed by atoms with Gasteiger partial charge in [-0.25, -0.2) is 9.97 Å². The molecule has 1 aliphatic carbocycles. The second-order valence-electron chi connectivity index (χ2n) is 6.70. The summed E-state index contributed by atoms with van der Waals surface area (Å²) in [5, 5.41) is 12.8. The van der Waals surface area contributed by atoms with E-state index in [-0.39, 0.29) is 11.7 Å². The lowest BCUT2D eigenvalue weighted by atomic mass is 9.68. The van der Waals surface area contributed by atoms with Crippen LogP contribution < -0.4 is 5.32 Å². The van der Waals surface area contributed by atoms with Crippen molar-refractivity contribution in [2.24, 2.45) is 5.41 Å². The number of halogens is 1. The minimum Gasteiger partial charge on any atom is -0.317 e. The molecule has 1 spiro atoms. The molecule has 0 amide bonds. The summed E-state index contributed by atoms with van der Waals surface area (Å²) in [7, 11) is 0. The maximum Gasteiger partial charge on any atom is 0.170 e. The Bertz CT molecular complexity index is 912. The molecule has 1 saturated heterocycles. The lowest BCUT2D eigenvalue weighted by Crippen LogP contribution is -2.43. The number of aryl methyl sites for hydroxylation is 1. The van der Waals surface area contributed by atoms with Crippen LogP contribution in [0.5, 0.6) is 0 Å². The molecule has 1 N–H and O–H groups in total. The molecule has 2 heterocycles. The number of rotatable bonds is 1. The van der Waals surface area contributed by atoms with Gasteiger partial charge >= 0.3 is 0 Å². The molecule has 126 valence electrons. The number of aromatic nitrogens is 2. The number of carbonyl (C=O) groups is 1. The molecule has 1 atom stereocenters. The average Bonchev–Trinajstić information content (AvgIpc) is 2.87. The Labute approximate surface area is 154 Å². The molecule has 2 aliphatic rings. The number of carbonyl (C=O) groups excluding carboxylic acids is 1. The van der Waals surface area contributed by atoms with Gasteiger partial charge in [-0.15, -0.1) is 0 Å². The normalized spacial score (nSPS) is 21.2. The third-order valence-corrected chi connectivity index (χ3v) is 6.36. The number of nitrogens with one attached hydrogen (secondary N) is 1. The zero-order valence-corrected chi connectivity index (χ0v) is 15.4. The maximum absolute atomic E-state index is 13.3. The van der Waals surface area contributed by atoms with Crippen LogP contribution in [-0.4, -0.2) is 28.8 Å². The minimum atomic E-state index is -0.512. The molecule has 1 fully saturated rings. The molecule has 2 aromatic rings. The van der Waals surface area contributed by atoms with Gasteiger partial charge in [0.1, 0.15) is 11.9 Å². The summed E-state index contributed by atoms with van der Waals surface area (Å²) in [5.74, 6) is 0.576. The topological polar surface area (TPSA) is 78.7 Å². The Kier molecular flexibility index (Phi) is 3.94. The van der Waals surface area contributed by atoms with Crippen molar-refractivity contribution in [2.75, 3.05) is 13.1 Å². The van der Waals surface area contributed by atoms with Gasteiger partial charge in [-0.3, -0.25) is 4.79 Å². The number of benzene rings is 1. The highest BCUT2D eigenvalue weighted by Gasteiger charge is 2.54. The van der Waals surface area contributed by atoms with Crippen molar-refractivity contribution >= 4 is 21.7 Å². The van der Waals surface area contributed by atoms with E-state index in [0.717, 1.165) is 42.8 Å². The van der Waals surface area contributed by atoms with E-state index in [1.807, 2.05) is 31.2 Å². The molecule has 6 heteroatoms. The van der Waals surface area contributed by atoms with Gasteiger partial charge < -0.3 is 5.32 Å². The number of hydrogen-bond acceptors (Lipinski definition) is 5. The highest BCUT2D eigenvalue weighted by atomic mass is 79.9. The Morgan fingerprint density at radius 3 is 2.72 bits per heavy atom. The predicted molar refractivity (Wildman–Crippen MR) is 96.3 cm³/mol. The minimum absolute atomic E-state index is 0.192. The third kappa shape index (κ3) is 2.34. The van der Waals surface area contributed by atoms with Gasteiger partial charge in [0.25, 0.3) is 0 Å². The maximum atomic E-state index is 13.3. The van der Waals surface area contributed by atoms with Gasteiger partial charge in [0, 0.05) is 5.56 Å². The molecule has 0 saturated carbocycles. The first kappa shape index (κ1) is 16.4. The lowest BCUT2D eigenvalue weighted by Gasteiger charge is -2.37. The molecule has 1 aliphatic heterocycles. The van der Waals surface area contributed by atoms with Gasteiger partial charge in [0.05, 0.1) is 21.5 Å². The second-order valence-corrected chi connectivity index (χ2v) is 7.49. The van der Waals surface area contributed by atoms with Crippen molar-refractivity contribution in [1.29, 1.82) is 5.26 Å². The summed E-state index contributed by atoms with van der Waals surface area (Å²) in [6, 6.07) is 9.89. The Morgan fingerprint density at radius 1 is 1.28 bits per heavy atom. The Morgan fingerprint density at radius 2 is 2.00 bits per heavy atom. The van der Waals surface area contributed by atoms with E-state index in [9.17, 15) is 10.1 Å². The van der Waals surface area contributed by atoms with Gasteiger partial charge in [0.2, 0.25) is 0 Å². The van der Waals surface area contributed by atoms with Crippen molar-refractivity contribution in [2.45, 2.75) is 25.7 Å². The van der Waals surface area contributed by atoms with Crippen molar-refractivity contribution in [1.82, 2.24) is 15.3 Å². The monoisotopic (exact) mass is 396 g/mol. The molecule has 1 aromatic carbocycles. The molecular formula is C19H17BrN4O. The highest BCUT2D eigenvalue weighted by Crippen LogP contribution is 2.54. The number of nitrogens with zero attached hydrogens (tertiary/aromatic N) is 3. The average molecular weight is 397 g/mol. The second kappa shape index (κ2) is 6.01. The van der Waals surface area contributed by atoms with Crippen LogP contribution in [0.2, 0.25) is 0 Å². The summed E-state index contributed by atoms with van der Waals surface area (Å²) in [6.45, 7) is 3.46. The van der Waals surface area contributed by atoms with Crippen LogP contribution in [0, 0.1) is 23.7 Å². The summed E-state index contributed by atoms with van der Waals surface area (Å²) >= 11 is 3.39. The first-order chi connectivity index (χ1) is 12.1. The molecule has 0 radical (unpaired) electrons. The van der Waals surface area contributed by atoms with Gasteiger partial charge in [-0.2, -0.15) is 5.26 Å². The Balaban J connectivity index is 1.96. The van der Waals surface area contributed by atoms with Gasteiger partial charge in [-0.1, -0.05) is 24.3 Å². The number of piperidine rings is 1. The number of fused-ring (bicyclic) bond motifs is 1. The van der Waals surface area contributed by atoms with Crippen LogP contribution in [-0.2, 0) is 0 Å². The summed E-state index contributed by atoms with van der Waals surface area (Å²) in [5.41, 5.74) is 2.30. The SMILES string of the molecule is Cc1nc(C2c3ccccc3C(=O)C23CCNCC3)nc(C#N)c1Br. The van der Waals surface area contributed by atoms with Crippen LogP contribution in [0.1, 0.15) is 51.9 Å². The highest BCUT2D eigenvalue weighted by molar-refractivity contribution is 9.10. The zero-order valence-electron chi connectivity index (χ0n) is 13.8. The number of Topliss-reactive ketones (excluding diaryl/α,β-unsaturated/α-hetero) is 1. The van der Waals surface area contributed by atoms with E-state index in [2.05, 4.69) is 37.3 Å². The fraction of sp³-hybridized carbons (Fsp3) is 0.368. The van der Waals surface area contributed by atoms with Gasteiger partial charge in [-0.05, 0) is 54.3 Å². The zero-order chi connectivity index (χ0) is 17.6. The lowest BCUT2D eigenvalue weighted by molar-refractivity contribution is 0.0726. The van der Waals surface area contributed by atoms with Crippen LogP contribution in [0.4, 0.5) is 0 Å². The van der Waals surface area contributed by atoms with Crippen molar-refractivity contribution in [3.8, 4) is 6.07 Å².